The fourth-order valence-corrected chi connectivity index (χ4v) is 9.62. The normalized spacial score (nSPS) is 42.1. The van der Waals surface area contributed by atoms with Crippen LogP contribution in [0.2, 0.25) is 19.6 Å². The van der Waals surface area contributed by atoms with Gasteiger partial charge in [0.15, 0.2) is 9.84 Å². The highest BCUT2D eigenvalue weighted by atomic mass is 32.2. The summed E-state index contributed by atoms with van der Waals surface area (Å²) in [4.78, 5) is 0. The summed E-state index contributed by atoms with van der Waals surface area (Å²) in [6, 6.07) is 0. The van der Waals surface area contributed by atoms with E-state index in [1.54, 1.807) is 0 Å². The lowest BCUT2D eigenvalue weighted by Crippen LogP contribution is -2.41. The van der Waals surface area contributed by atoms with E-state index in [0.29, 0.717) is 0 Å². The van der Waals surface area contributed by atoms with Gasteiger partial charge in [-0.15, -0.1) is 0 Å². The molecule has 1 heterocycles. The van der Waals surface area contributed by atoms with Crippen molar-refractivity contribution >= 4 is 17.9 Å². The van der Waals surface area contributed by atoms with E-state index in [-0.39, 0.29) is 9.62 Å². The largest absolute Gasteiger partial charge is 0.228 e. The second-order valence-corrected chi connectivity index (χ2v) is 13.1. The summed E-state index contributed by atoms with van der Waals surface area (Å²) in [7, 11) is -4.27. The van der Waals surface area contributed by atoms with E-state index >= 15 is 0 Å². The van der Waals surface area contributed by atoms with E-state index in [1.165, 1.54) is 0 Å². The van der Waals surface area contributed by atoms with Gasteiger partial charge >= 0.3 is 0 Å². The van der Waals surface area contributed by atoms with Crippen LogP contribution >= 0.6 is 0 Å². The Morgan fingerprint density at radius 3 is 1.55 bits per heavy atom. The van der Waals surface area contributed by atoms with Crippen molar-refractivity contribution in [3.8, 4) is 0 Å². The minimum absolute atomic E-state index is 0.0957. The molecule has 1 aliphatic heterocycles. The summed E-state index contributed by atoms with van der Waals surface area (Å²) in [6.45, 7) is 10.1. The molecule has 4 heteroatoms. The molecule has 0 bridgehead atoms. The van der Waals surface area contributed by atoms with Crippen molar-refractivity contribution in [2.45, 2.75) is 43.1 Å². The minimum atomic E-state index is -2.73. The van der Waals surface area contributed by atoms with Gasteiger partial charge in [-0.25, -0.2) is 8.42 Å². The van der Waals surface area contributed by atoms with Crippen LogP contribution in [0.4, 0.5) is 0 Å². The standard InChI is InChI=1S/C7H16O2SSi/c1-6-7(2,10(6,8)9)11(3,4)5/h6H,1-5H3/t6-,7+/m1/s1. The maximum Gasteiger partial charge on any atom is 0.158 e. The zero-order chi connectivity index (χ0) is 9.08. The molecule has 0 aromatic heterocycles. The Morgan fingerprint density at radius 1 is 1.27 bits per heavy atom. The third-order valence-electron chi connectivity index (χ3n) is 3.26. The summed E-state index contributed by atoms with van der Waals surface area (Å²) in [6.07, 6.45) is 0. The van der Waals surface area contributed by atoms with Crippen LogP contribution in [0.1, 0.15) is 13.8 Å². The van der Waals surface area contributed by atoms with Crippen LogP contribution in [0.3, 0.4) is 0 Å². The summed E-state index contributed by atoms with van der Waals surface area (Å²) >= 11 is 0. The predicted octanol–water partition coefficient (Wildman–Crippen LogP) is 1.44. The van der Waals surface area contributed by atoms with Crippen molar-refractivity contribution in [2.24, 2.45) is 0 Å². The molecule has 0 aromatic carbocycles. The van der Waals surface area contributed by atoms with Gasteiger partial charge in [0, 0.05) is 0 Å². The Morgan fingerprint density at radius 2 is 1.55 bits per heavy atom. The molecule has 1 saturated heterocycles. The summed E-state index contributed by atoms with van der Waals surface area (Å²) in [5.74, 6) is 0. The average Bonchev–Trinajstić information content (AvgIpc) is 2.14. The van der Waals surface area contributed by atoms with Crippen LogP contribution in [-0.4, -0.2) is 26.1 Å². The van der Waals surface area contributed by atoms with Crippen LogP contribution in [0, 0.1) is 0 Å². The molecular formula is C7H16O2SSi. The molecule has 0 aromatic rings. The van der Waals surface area contributed by atoms with Crippen LogP contribution in [0.5, 0.6) is 0 Å². The Bertz CT molecular complexity index is 275. The summed E-state index contributed by atoms with van der Waals surface area (Å²) in [5.41, 5.74) is 0. The predicted molar refractivity (Wildman–Crippen MR) is 50.1 cm³/mol. The second kappa shape index (κ2) is 1.91. The van der Waals surface area contributed by atoms with E-state index in [9.17, 15) is 8.42 Å². The number of rotatable bonds is 1. The monoisotopic (exact) mass is 192 g/mol. The highest BCUT2D eigenvalue weighted by molar-refractivity contribution is 8.03. The molecule has 11 heavy (non-hydrogen) atoms. The van der Waals surface area contributed by atoms with Gasteiger partial charge in [0.1, 0.15) is 0 Å². The topological polar surface area (TPSA) is 34.1 Å². The van der Waals surface area contributed by atoms with Crippen LogP contribution in [-0.2, 0) is 9.84 Å². The van der Waals surface area contributed by atoms with Gasteiger partial charge in [-0.3, -0.25) is 0 Å². The summed E-state index contributed by atoms with van der Waals surface area (Å²) < 4.78 is 22.5. The minimum Gasteiger partial charge on any atom is -0.228 e. The Hall–Kier alpha value is 0.167. The third-order valence-corrected chi connectivity index (χ3v) is 12.3. The maximum absolute atomic E-state index is 11.4. The van der Waals surface area contributed by atoms with E-state index in [2.05, 4.69) is 19.6 Å². The molecular weight excluding hydrogens is 176 g/mol. The molecule has 0 N–H and O–H groups in total. The first-order chi connectivity index (χ1) is 4.65. The molecule has 0 saturated carbocycles. The molecule has 0 spiro atoms. The van der Waals surface area contributed by atoms with Gasteiger partial charge in [0.05, 0.1) is 17.7 Å². The first-order valence-electron chi connectivity index (χ1n) is 3.89. The maximum atomic E-state index is 11.4. The van der Waals surface area contributed by atoms with Crippen molar-refractivity contribution in [1.29, 1.82) is 0 Å². The van der Waals surface area contributed by atoms with Crippen LogP contribution < -0.4 is 0 Å². The Labute approximate surface area is 69.9 Å². The molecule has 0 amide bonds. The quantitative estimate of drug-likeness (QED) is 0.465. The van der Waals surface area contributed by atoms with Gasteiger partial charge in [-0.05, 0) is 13.8 Å². The lowest BCUT2D eigenvalue weighted by atomic mass is 10.4. The van der Waals surface area contributed by atoms with E-state index in [0.717, 1.165) is 0 Å². The number of hydrogen-bond acceptors (Lipinski definition) is 2. The van der Waals surface area contributed by atoms with Crippen LogP contribution in [0.15, 0.2) is 0 Å². The molecule has 0 unspecified atom stereocenters. The van der Waals surface area contributed by atoms with Gasteiger partial charge in [0.2, 0.25) is 0 Å². The first-order valence-corrected chi connectivity index (χ1v) is 8.94. The summed E-state index contributed by atoms with van der Waals surface area (Å²) in [5, 5.41) is -0.0957. The lowest BCUT2D eigenvalue weighted by Gasteiger charge is -2.21. The molecule has 1 fully saturated rings. The molecule has 66 valence electrons. The second-order valence-electron chi connectivity index (χ2n) is 4.54. The smallest absolute Gasteiger partial charge is 0.158 e. The highest BCUT2D eigenvalue weighted by Gasteiger charge is 2.71. The van der Waals surface area contributed by atoms with Gasteiger partial charge < -0.3 is 0 Å². The lowest BCUT2D eigenvalue weighted by molar-refractivity contribution is 0.610. The van der Waals surface area contributed by atoms with E-state index < -0.39 is 17.9 Å². The van der Waals surface area contributed by atoms with Crippen molar-refractivity contribution in [1.82, 2.24) is 0 Å². The zero-order valence-corrected chi connectivity index (χ0v) is 9.62. The Balaban J connectivity index is 3.12. The Kier molecular flexibility index (Phi) is 1.60. The molecule has 1 rings (SSSR count). The average molecular weight is 192 g/mol. The van der Waals surface area contributed by atoms with Gasteiger partial charge in [-0.2, -0.15) is 0 Å². The van der Waals surface area contributed by atoms with Crippen LogP contribution in [0.25, 0.3) is 0 Å². The van der Waals surface area contributed by atoms with Gasteiger partial charge in [0.25, 0.3) is 0 Å². The van der Waals surface area contributed by atoms with Crippen molar-refractivity contribution in [2.75, 3.05) is 0 Å². The highest BCUT2D eigenvalue weighted by Crippen LogP contribution is 2.51. The number of hydrogen-bond donors (Lipinski definition) is 0. The zero-order valence-electron chi connectivity index (χ0n) is 7.80. The molecule has 1 aliphatic rings. The fraction of sp³-hybridized carbons (Fsp3) is 1.00. The molecule has 2 nitrogen and oxygen atoms in total. The molecule has 0 radical (unpaired) electrons. The number of sulfone groups is 1. The molecule has 2 atom stereocenters. The van der Waals surface area contributed by atoms with Crippen molar-refractivity contribution in [3.05, 3.63) is 0 Å². The first kappa shape index (κ1) is 9.26. The fourth-order valence-electron chi connectivity index (χ4n) is 1.65. The third kappa shape index (κ3) is 0.855. The van der Waals surface area contributed by atoms with Crippen molar-refractivity contribution in [3.63, 3.8) is 0 Å². The van der Waals surface area contributed by atoms with E-state index in [1.807, 2.05) is 13.8 Å². The molecule has 0 aliphatic carbocycles. The SMILES string of the molecule is C[C@@H]1[C@](C)([Si](C)(C)C)S1(=O)=O. The van der Waals surface area contributed by atoms with E-state index in [4.69, 9.17) is 0 Å². The van der Waals surface area contributed by atoms with Crippen molar-refractivity contribution < 1.29 is 8.42 Å². The van der Waals surface area contributed by atoms with Gasteiger partial charge in [-0.1, -0.05) is 19.6 Å².